The first-order valence-corrected chi connectivity index (χ1v) is 10.8. The lowest BCUT2D eigenvalue weighted by atomic mass is 9.76. The van der Waals surface area contributed by atoms with Crippen molar-refractivity contribution < 1.29 is 9.59 Å². The second-order valence-electron chi connectivity index (χ2n) is 8.70. The van der Waals surface area contributed by atoms with Gasteiger partial charge in [0.15, 0.2) is 11.6 Å². The molecule has 0 aliphatic carbocycles. The number of hydrogen-bond donors (Lipinski definition) is 2. The average Bonchev–Trinajstić information content (AvgIpc) is 2.83. The van der Waals surface area contributed by atoms with Crippen molar-refractivity contribution in [2.24, 2.45) is 0 Å². The van der Waals surface area contributed by atoms with Crippen LogP contribution in [0.15, 0.2) is 97.1 Å². The molecule has 4 aromatic rings. The SMILES string of the molecule is CC(C)(c1cccc(C(=O)c2cccc(N)c2)c1)c1cccc(C(=O)c2cccc(N)c2)c1. The minimum Gasteiger partial charge on any atom is -0.399 e. The summed E-state index contributed by atoms with van der Waals surface area (Å²) < 4.78 is 0. The molecule has 164 valence electrons. The fraction of sp³-hybridized carbons (Fsp3) is 0.103. The number of anilines is 2. The Labute approximate surface area is 193 Å². The molecular weight excluding hydrogens is 408 g/mol. The molecule has 33 heavy (non-hydrogen) atoms. The minimum absolute atomic E-state index is 0.0782. The van der Waals surface area contributed by atoms with Crippen molar-refractivity contribution in [2.75, 3.05) is 11.5 Å². The summed E-state index contributed by atoms with van der Waals surface area (Å²) in [6.07, 6.45) is 0. The van der Waals surface area contributed by atoms with Gasteiger partial charge in [-0.25, -0.2) is 0 Å². The average molecular weight is 435 g/mol. The molecule has 0 unspecified atom stereocenters. The molecule has 0 radical (unpaired) electrons. The molecule has 0 spiro atoms. The predicted octanol–water partition coefficient (Wildman–Crippen LogP) is 5.64. The third-order valence-electron chi connectivity index (χ3n) is 5.99. The zero-order valence-electron chi connectivity index (χ0n) is 18.7. The highest BCUT2D eigenvalue weighted by atomic mass is 16.1. The van der Waals surface area contributed by atoms with Crippen LogP contribution in [-0.4, -0.2) is 11.6 Å². The number of carbonyl (C=O) groups excluding carboxylic acids is 2. The summed E-state index contributed by atoms with van der Waals surface area (Å²) in [7, 11) is 0. The van der Waals surface area contributed by atoms with Gasteiger partial charge in [0.2, 0.25) is 0 Å². The highest BCUT2D eigenvalue weighted by molar-refractivity contribution is 6.10. The van der Waals surface area contributed by atoms with E-state index in [9.17, 15) is 9.59 Å². The van der Waals surface area contributed by atoms with Crippen LogP contribution in [0, 0.1) is 0 Å². The number of ketones is 2. The highest BCUT2D eigenvalue weighted by Crippen LogP contribution is 2.33. The Morgan fingerprint density at radius 2 is 0.879 bits per heavy atom. The normalized spacial score (nSPS) is 11.2. The maximum absolute atomic E-state index is 13.0. The number of carbonyl (C=O) groups is 2. The Kier molecular flexibility index (Phi) is 5.84. The van der Waals surface area contributed by atoms with E-state index in [1.807, 2.05) is 48.5 Å². The van der Waals surface area contributed by atoms with E-state index in [0.29, 0.717) is 33.6 Å². The van der Waals surface area contributed by atoms with Crippen LogP contribution in [0.3, 0.4) is 0 Å². The number of benzene rings is 4. The summed E-state index contributed by atoms with van der Waals surface area (Å²) in [5.74, 6) is -0.156. The zero-order valence-corrected chi connectivity index (χ0v) is 18.7. The topological polar surface area (TPSA) is 86.2 Å². The van der Waals surface area contributed by atoms with Gasteiger partial charge in [0.05, 0.1) is 0 Å². The van der Waals surface area contributed by atoms with Crippen molar-refractivity contribution in [3.63, 3.8) is 0 Å². The summed E-state index contributed by atoms with van der Waals surface area (Å²) in [5, 5.41) is 0. The number of rotatable bonds is 6. The van der Waals surface area contributed by atoms with E-state index in [-0.39, 0.29) is 11.6 Å². The van der Waals surface area contributed by atoms with E-state index in [1.165, 1.54) is 0 Å². The number of nitrogen functional groups attached to an aromatic ring is 2. The van der Waals surface area contributed by atoms with Gasteiger partial charge >= 0.3 is 0 Å². The fourth-order valence-electron chi connectivity index (χ4n) is 3.96. The third kappa shape index (κ3) is 4.55. The Morgan fingerprint density at radius 1 is 0.545 bits per heavy atom. The van der Waals surface area contributed by atoms with Crippen molar-refractivity contribution >= 4 is 22.9 Å². The van der Waals surface area contributed by atoms with E-state index in [1.54, 1.807) is 48.5 Å². The molecule has 0 bridgehead atoms. The molecule has 0 saturated carbocycles. The predicted molar refractivity (Wildman–Crippen MR) is 134 cm³/mol. The maximum atomic E-state index is 13.0. The van der Waals surface area contributed by atoms with Crippen LogP contribution in [-0.2, 0) is 5.41 Å². The monoisotopic (exact) mass is 434 g/mol. The first-order chi connectivity index (χ1) is 15.8. The Balaban J connectivity index is 1.68. The van der Waals surface area contributed by atoms with Crippen LogP contribution in [0.5, 0.6) is 0 Å². The van der Waals surface area contributed by atoms with Gasteiger partial charge in [0, 0.05) is 39.0 Å². The standard InChI is InChI=1S/C29H26N2O2/c1-29(2,23-11-3-7-19(15-23)27(32)21-9-5-13-25(30)17-21)24-12-4-8-20(16-24)28(33)22-10-6-14-26(31)18-22/h3-18H,30-31H2,1-2H3. The van der Waals surface area contributed by atoms with Crippen LogP contribution in [0.1, 0.15) is 56.8 Å². The summed E-state index contributed by atoms with van der Waals surface area (Å²) in [4.78, 5) is 26.1. The molecule has 0 aliphatic heterocycles. The van der Waals surface area contributed by atoms with E-state index < -0.39 is 5.41 Å². The summed E-state index contributed by atoms with van der Waals surface area (Å²) in [6.45, 7) is 4.17. The van der Waals surface area contributed by atoms with Gasteiger partial charge in [-0.2, -0.15) is 0 Å². The molecule has 4 heteroatoms. The molecule has 0 aromatic heterocycles. The van der Waals surface area contributed by atoms with Crippen molar-refractivity contribution in [1.82, 2.24) is 0 Å². The maximum Gasteiger partial charge on any atom is 0.193 e. The van der Waals surface area contributed by atoms with Gasteiger partial charge in [-0.3, -0.25) is 9.59 Å². The fourth-order valence-corrected chi connectivity index (χ4v) is 3.96. The van der Waals surface area contributed by atoms with E-state index in [0.717, 1.165) is 11.1 Å². The first-order valence-electron chi connectivity index (χ1n) is 10.8. The number of hydrogen-bond acceptors (Lipinski definition) is 4. The summed E-state index contributed by atoms with van der Waals surface area (Å²) >= 11 is 0. The Morgan fingerprint density at radius 3 is 1.24 bits per heavy atom. The van der Waals surface area contributed by atoms with Crippen LogP contribution < -0.4 is 11.5 Å². The molecular formula is C29H26N2O2. The van der Waals surface area contributed by atoms with Crippen molar-refractivity contribution in [2.45, 2.75) is 19.3 Å². The molecule has 0 amide bonds. The first kappa shape index (κ1) is 22.0. The molecule has 0 atom stereocenters. The van der Waals surface area contributed by atoms with E-state index in [2.05, 4.69) is 13.8 Å². The minimum atomic E-state index is -0.433. The molecule has 4 nitrogen and oxygen atoms in total. The van der Waals surface area contributed by atoms with Crippen LogP contribution in [0.25, 0.3) is 0 Å². The lowest BCUT2D eigenvalue weighted by Crippen LogP contribution is -2.20. The Bertz CT molecular complexity index is 1250. The van der Waals surface area contributed by atoms with Gasteiger partial charge in [0.25, 0.3) is 0 Å². The number of nitrogens with two attached hydrogens (primary N) is 2. The van der Waals surface area contributed by atoms with Crippen LogP contribution >= 0.6 is 0 Å². The lowest BCUT2D eigenvalue weighted by Gasteiger charge is -2.27. The molecule has 0 fully saturated rings. The highest BCUT2D eigenvalue weighted by Gasteiger charge is 2.25. The molecule has 4 N–H and O–H groups in total. The van der Waals surface area contributed by atoms with Gasteiger partial charge in [-0.1, -0.05) is 74.5 Å². The van der Waals surface area contributed by atoms with Gasteiger partial charge in [-0.15, -0.1) is 0 Å². The van der Waals surface area contributed by atoms with Gasteiger partial charge in [-0.05, 0) is 47.5 Å². The Hall–Kier alpha value is -4.18. The zero-order chi connectivity index (χ0) is 23.6. The largest absolute Gasteiger partial charge is 0.399 e. The molecule has 0 heterocycles. The van der Waals surface area contributed by atoms with Gasteiger partial charge in [0.1, 0.15) is 0 Å². The molecule has 4 aromatic carbocycles. The second-order valence-corrected chi connectivity index (χ2v) is 8.70. The van der Waals surface area contributed by atoms with Crippen LogP contribution in [0.2, 0.25) is 0 Å². The van der Waals surface area contributed by atoms with Crippen LogP contribution in [0.4, 0.5) is 11.4 Å². The van der Waals surface area contributed by atoms with E-state index >= 15 is 0 Å². The third-order valence-corrected chi connectivity index (χ3v) is 5.99. The molecule has 0 saturated heterocycles. The quantitative estimate of drug-likeness (QED) is 0.304. The van der Waals surface area contributed by atoms with Crippen molar-refractivity contribution in [1.29, 1.82) is 0 Å². The molecule has 0 aliphatic rings. The second kappa shape index (κ2) is 8.75. The molecule has 4 rings (SSSR count). The van der Waals surface area contributed by atoms with Crippen molar-refractivity contribution in [3.05, 3.63) is 130 Å². The smallest absolute Gasteiger partial charge is 0.193 e. The van der Waals surface area contributed by atoms with Gasteiger partial charge < -0.3 is 11.5 Å². The summed E-state index contributed by atoms with van der Waals surface area (Å²) in [5.41, 5.74) is 16.6. The van der Waals surface area contributed by atoms with Crippen molar-refractivity contribution in [3.8, 4) is 0 Å². The lowest BCUT2D eigenvalue weighted by molar-refractivity contribution is 0.103. The van der Waals surface area contributed by atoms with E-state index in [4.69, 9.17) is 11.5 Å². The summed E-state index contributed by atoms with van der Waals surface area (Å²) in [6, 6.07) is 29.2.